The second kappa shape index (κ2) is 13.4. The third kappa shape index (κ3) is 8.27. The maximum absolute atomic E-state index is 13.2. The predicted octanol–water partition coefficient (Wildman–Crippen LogP) is -3.04. The number of hydrogen-bond acceptors (Lipinski definition) is 15. The minimum absolute atomic E-state index is 0.0294. The normalized spacial score (nSPS) is 20.0. The van der Waals surface area contributed by atoms with Crippen molar-refractivity contribution >= 4 is 56.2 Å². The number of nitrogens with two attached hydrogens (primary N) is 1. The summed E-state index contributed by atoms with van der Waals surface area (Å²) in [6.07, 6.45) is 1.41. The number of hydrogen-bond donors (Lipinski definition) is 5. The van der Waals surface area contributed by atoms with E-state index in [1.807, 2.05) is 11.9 Å². The molecule has 0 bridgehead atoms. The van der Waals surface area contributed by atoms with E-state index in [2.05, 4.69) is 36.0 Å². The molecule has 0 radical (unpaired) electrons. The van der Waals surface area contributed by atoms with Crippen molar-refractivity contribution in [2.24, 2.45) is 5.16 Å². The van der Waals surface area contributed by atoms with Gasteiger partial charge in [-0.05, 0) is 20.9 Å². The van der Waals surface area contributed by atoms with Crippen LogP contribution in [0.5, 0.6) is 0 Å². The van der Waals surface area contributed by atoms with Crippen LogP contribution >= 0.6 is 11.3 Å². The lowest BCUT2D eigenvalue weighted by molar-refractivity contribution is -0.161. The molecule has 6 N–H and O–H groups in total. The van der Waals surface area contributed by atoms with Gasteiger partial charge in [0.2, 0.25) is 11.5 Å². The summed E-state index contributed by atoms with van der Waals surface area (Å²) in [5.41, 5.74) is 3.51. The Balaban J connectivity index is 1.44. The fourth-order valence-electron chi connectivity index (χ4n) is 4.30. The fourth-order valence-corrected chi connectivity index (χ4v) is 5.72. The number of carboxylic acids is 1. The molecular formula is C23H33N11O9S2. The molecule has 0 aliphatic carbocycles. The number of piperazine rings is 1. The van der Waals surface area contributed by atoms with E-state index in [0.29, 0.717) is 5.69 Å². The quantitative estimate of drug-likeness (QED) is 0.0613. The number of nitrogen functional groups attached to an aromatic ring is 1. The Morgan fingerprint density at radius 1 is 1.24 bits per heavy atom. The van der Waals surface area contributed by atoms with Crippen LogP contribution in [-0.4, -0.2) is 139 Å². The number of carbonyl (C=O) groups excluding carboxylic acids is 3. The van der Waals surface area contributed by atoms with Crippen molar-refractivity contribution < 1.29 is 42.1 Å². The van der Waals surface area contributed by atoms with Gasteiger partial charge in [-0.15, -0.1) is 16.4 Å². The molecule has 0 aromatic carbocycles. The highest BCUT2D eigenvalue weighted by Crippen LogP contribution is 2.25. The number of thiazole rings is 1. The highest BCUT2D eigenvalue weighted by atomic mass is 32.2. The number of nitrogens with one attached hydrogen (secondary N) is 2. The van der Waals surface area contributed by atoms with Crippen LogP contribution in [0.4, 0.5) is 5.13 Å². The Bertz CT molecular complexity index is 1580. The fraction of sp³-hybridized carbons (Fsp3) is 0.565. The smallest absolute Gasteiger partial charge is 0.362 e. The molecule has 246 valence electrons. The molecule has 3 amide bonds. The first-order valence-electron chi connectivity index (χ1n) is 13.4. The Morgan fingerprint density at radius 2 is 1.93 bits per heavy atom. The van der Waals surface area contributed by atoms with E-state index in [9.17, 15) is 37.3 Å². The summed E-state index contributed by atoms with van der Waals surface area (Å²) in [6.45, 7) is 5.53. The van der Waals surface area contributed by atoms with Gasteiger partial charge in [0, 0.05) is 31.6 Å². The predicted molar refractivity (Wildman–Crippen MR) is 156 cm³/mol. The summed E-state index contributed by atoms with van der Waals surface area (Å²) in [5.74, 6) is -3.82. The maximum Gasteiger partial charge on any atom is 0.362 e. The first kappa shape index (κ1) is 33.6. The van der Waals surface area contributed by atoms with E-state index in [-0.39, 0.29) is 40.7 Å². The van der Waals surface area contributed by atoms with Crippen LogP contribution < -0.4 is 16.4 Å². The van der Waals surface area contributed by atoms with E-state index in [1.54, 1.807) is 0 Å². The number of likely N-dealkylation sites (N-methyl/N-ethyl adjacent to an activating group) is 1. The molecule has 2 aliphatic heterocycles. The first-order chi connectivity index (χ1) is 21.0. The van der Waals surface area contributed by atoms with Gasteiger partial charge in [0.15, 0.2) is 10.8 Å². The van der Waals surface area contributed by atoms with Crippen molar-refractivity contribution in [1.82, 2.24) is 44.7 Å². The van der Waals surface area contributed by atoms with Gasteiger partial charge in [-0.2, -0.15) is 8.42 Å². The van der Waals surface area contributed by atoms with Gasteiger partial charge < -0.3 is 31.2 Å². The number of carbonyl (C=O) groups is 4. The summed E-state index contributed by atoms with van der Waals surface area (Å²) in [7, 11) is -3.02. The zero-order valence-electron chi connectivity index (χ0n) is 24.5. The van der Waals surface area contributed by atoms with Crippen molar-refractivity contribution in [3.05, 3.63) is 23.0 Å². The Kier molecular flexibility index (Phi) is 10.0. The first-order valence-corrected chi connectivity index (χ1v) is 15.7. The van der Waals surface area contributed by atoms with Crippen LogP contribution in [0.15, 0.2) is 16.7 Å². The van der Waals surface area contributed by atoms with Crippen molar-refractivity contribution in [3.63, 3.8) is 0 Å². The Labute approximate surface area is 261 Å². The average Bonchev–Trinajstić information content (AvgIpc) is 3.59. The molecule has 4 heterocycles. The zero-order chi connectivity index (χ0) is 33.1. The number of nitrogens with zero attached hydrogens (tertiary/aromatic N) is 8. The van der Waals surface area contributed by atoms with Crippen LogP contribution in [0.1, 0.15) is 25.2 Å². The summed E-state index contributed by atoms with van der Waals surface area (Å²) < 4.78 is 35.0. The molecule has 0 saturated carbocycles. The third-order valence-electron chi connectivity index (χ3n) is 6.95. The van der Waals surface area contributed by atoms with Crippen molar-refractivity contribution in [3.8, 4) is 0 Å². The molecule has 0 spiro atoms. The topological polar surface area (TPSA) is 268 Å². The lowest BCUT2D eigenvalue weighted by atomic mass is 9.98. The number of anilines is 1. The van der Waals surface area contributed by atoms with Crippen molar-refractivity contribution in [2.45, 2.75) is 44.6 Å². The van der Waals surface area contributed by atoms with Gasteiger partial charge in [-0.25, -0.2) is 18.8 Å². The zero-order valence-corrected chi connectivity index (χ0v) is 26.1. The molecule has 2 aromatic rings. The minimum Gasteiger partial charge on any atom is -0.478 e. The molecule has 2 aliphatic rings. The van der Waals surface area contributed by atoms with Gasteiger partial charge in [0.25, 0.3) is 11.8 Å². The minimum atomic E-state index is -5.03. The molecule has 0 unspecified atom stereocenters. The molecule has 2 aromatic heterocycles. The second-order valence-electron chi connectivity index (χ2n) is 10.8. The van der Waals surface area contributed by atoms with Gasteiger partial charge in [0.05, 0.1) is 31.9 Å². The number of carboxylic acid groups (broad SMARTS) is 1. The van der Waals surface area contributed by atoms with E-state index < -0.39 is 51.5 Å². The van der Waals surface area contributed by atoms with Gasteiger partial charge in [-0.1, -0.05) is 10.4 Å². The summed E-state index contributed by atoms with van der Waals surface area (Å²) in [5, 5.41) is 27.3. The molecule has 2 atom stereocenters. The average molecular weight is 672 g/mol. The molecule has 45 heavy (non-hydrogen) atoms. The van der Waals surface area contributed by atoms with Crippen molar-refractivity contribution in [1.29, 1.82) is 0 Å². The summed E-state index contributed by atoms with van der Waals surface area (Å²) in [6, 6.07) is -2.85. The number of amides is 3. The molecule has 22 heteroatoms. The Morgan fingerprint density at radius 3 is 2.53 bits per heavy atom. The van der Waals surface area contributed by atoms with Gasteiger partial charge >= 0.3 is 16.3 Å². The number of β-lactam (4-membered cyclic amide) rings is 1. The highest BCUT2D eigenvalue weighted by Gasteiger charge is 2.54. The van der Waals surface area contributed by atoms with E-state index in [4.69, 9.17) is 10.6 Å². The van der Waals surface area contributed by atoms with E-state index in [0.717, 1.165) is 37.5 Å². The SMILES string of the molecule is CN1CCN(CC(=O)NCc2cn(C[C@@H]3[C@H](NC(=O)/C(=N\OC(C)(C)C(=O)O)c4csc(N)n4)C(=O)N3S(=O)(=O)O)nn2)CC1. The van der Waals surface area contributed by atoms with Crippen LogP contribution in [-0.2, 0) is 47.4 Å². The van der Waals surface area contributed by atoms with Gasteiger partial charge in [0.1, 0.15) is 17.4 Å². The standard InChI is InChI=1S/C23H33N11O9S2/c1-23(2,21(38)39)43-29-17(14-12-44-22(24)26-14)19(36)27-18-15(34(20(18)37)45(40,41)42)10-33-9-13(28-30-33)8-25-16(35)11-32-6-4-31(3)5-7-32/h9,12,15,18H,4-8,10-11H2,1-3H3,(H2,24,26)(H,25,35)(H,27,36)(H,38,39)(H,40,41,42)/b29-17-/t15-,18+/m1/s1. The van der Waals surface area contributed by atoms with Crippen LogP contribution in [0, 0.1) is 0 Å². The van der Waals surface area contributed by atoms with Gasteiger partial charge in [-0.3, -0.25) is 23.8 Å². The van der Waals surface area contributed by atoms with E-state index in [1.165, 1.54) is 30.1 Å². The highest BCUT2D eigenvalue weighted by molar-refractivity contribution is 7.84. The number of aromatic nitrogens is 4. The molecule has 4 rings (SSSR count). The molecule has 2 fully saturated rings. The molecule has 2 saturated heterocycles. The maximum atomic E-state index is 13.2. The monoisotopic (exact) mass is 671 g/mol. The number of aliphatic carboxylic acids is 1. The van der Waals surface area contributed by atoms with Crippen LogP contribution in [0.25, 0.3) is 0 Å². The molecular weight excluding hydrogens is 638 g/mol. The largest absolute Gasteiger partial charge is 0.478 e. The number of oxime groups is 1. The number of rotatable bonds is 13. The lowest BCUT2D eigenvalue weighted by Crippen LogP contribution is -2.73. The summed E-state index contributed by atoms with van der Waals surface area (Å²) in [4.78, 5) is 63.0. The second-order valence-corrected chi connectivity index (χ2v) is 13.0. The van der Waals surface area contributed by atoms with E-state index >= 15 is 0 Å². The molecule has 20 nitrogen and oxygen atoms in total. The summed E-state index contributed by atoms with van der Waals surface area (Å²) >= 11 is 0.949. The Hall–Kier alpha value is -4.25. The lowest BCUT2D eigenvalue weighted by Gasteiger charge is -2.43. The van der Waals surface area contributed by atoms with Crippen molar-refractivity contribution in [2.75, 3.05) is 45.5 Å². The van der Waals surface area contributed by atoms with Crippen LogP contribution in [0.3, 0.4) is 0 Å². The third-order valence-corrected chi connectivity index (χ3v) is 8.58. The van der Waals surface area contributed by atoms with Crippen LogP contribution in [0.2, 0.25) is 0 Å².